The fourth-order valence-electron chi connectivity index (χ4n) is 5.68. The van der Waals surface area contributed by atoms with Crippen molar-refractivity contribution in [2.24, 2.45) is 0 Å². The molecule has 220 valence electrons. The number of nitrogens with zero attached hydrogens (tertiary/aromatic N) is 2. The third kappa shape index (κ3) is 19.2. The number of likely N-dealkylation sites (tertiary alicyclic amines) is 1. The summed E-state index contributed by atoms with van der Waals surface area (Å²) >= 11 is 0. The van der Waals surface area contributed by atoms with Gasteiger partial charge in [-0.3, -0.25) is 9.69 Å². The van der Waals surface area contributed by atoms with Crippen molar-refractivity contribution in [2.45, 2.75) is 142 Å². The Bertz CT molecular complexity index is 531. The summed E-state index contributed by atoms with van der Waals surface area (Å²) in [7, 11) is 0. The molecule has 0 aliphatic carbocycles. The van der Waals surface area contributed by atoms with E-state index in [1.807, 2.05) is 6.08 Å². The van der Waals surface area contributed by atoms with Crippen molar-refractivity contribution in [1.82, 2.24) is 4.90 Å². The molecule has 5 heteroatoms. The van der Waals surface area contributed by atoms with Gasteiger partial charge in [-0.2, -0.15) is 0 Å². The van der Waals surface area contributed by atoms with Crippen LogP contribution in [0.5, 0.6) is 0 Å². The second-order valence-electron chi connectivity index (χ2n) is 11.4. The normalized spacial score (nSPS) is 15.1. The molecule has 0 spiro atoms. The van der Waals surface area contributed by atoms with E-state index in [4.69, 9.17) is 4.74 Å². The van der Waals surface area contributed by atoms with Gasteiger partial charge < -0.3 is 21.6 Å². The highest BCUT2D eigenvalue weighted by Gasteiger charge is 2.33. The van der Waals surface area contributed by atoms with Gasteiger partial charge in [0.05, 0.1) is 26.3 Å². The van der Waals surface area contributed by atoms with Gasteiger partial charge in [0.2, 0.25) is 5.91 Å². The Balaban J connectivity index is 0.0000130. The van der Waals surface area contributed by atoms with Crippen LogP contribution < -0.4 is 12.4 Å². The molecule has 1 saturated heterocycles. The van der Waals surface area contributed by atoms with Gasteiger partial charge in [-0.05, 0) is 25.7 Å². The topological polar surface area (TPSA) is 29.5 Å². The Kier molecular flexibility index (Phi) is 25.3. The van der Waals surface area contributed by atoms with E-state index in [1.165, 1.54) is 122 Å². The summed E-state index contributed by atoms with van der Waals surface area (Å²) in [6.45, 7) is 14.9. The fraction of sp³-hybridized carbons (Fsp3) is 0.906. The molecule has 0 bridgehead atoms. The first kappa shape index (κ1) is 36.4. The third-order valence-electron chi connectivity index (χ3n) is 8.06. The van der Waals surface area contributed by atoms with Crippen LogP contribution in [0.25, 0.3) is 0 Å². The molecule has 1 aliphatic heterocycles. The summed E-state index contributed by atoms with van der Waals surface area (Å²) in [6, 6.07) is 0. The standard InChI is InChI=1S/C32H63N2O2.ClH/c1-4-7-9-10-11-12-13-14-15-16-17-18-19-20-21-22-27-34(26-8-5-2,28-30-36-29-6-3)31-33-25-23-24-32(33)35;/h6H,3-5,7-31H2,1-2H3;1H/q+1;/p-1. The average molecular weight is 543 g/mol. The van der Waals surface area contributed by atoms with E-state index in [0.29, 0.717) is 12.5 Å². The van der Waals surface area contributed by atoms with Gasteiger partial charge in [0.25, 0.3) is 0 Å². The predicted molar refractivity (Wildman–Crippen MR) is 156 cm³/mol. The molecule has 1 rings (SSSR count). The van der Waals surface area contributed by atoms with Gasteiger partial charge in [0.15, 0.2) is 6.67 Å². The van der Waals surface area contributed by atoms with Crippen molar-refractivity contribution in [2.75, 3.05) is 46.1 Å². The van der Waals surface area contributed by atoms with Crippen LogP contribution in [-0.4, -0.2) is 61.4 Å². The van der Waals surface area contributed by atoms with E-state index in [-0.39, 0.29) is 12.4 Å². The van der Waals surface area contributed by atoms with Crippen LogP contribution in [0, 0.1) is 0 Å². The van der Waals surface area contributed by atoms with Gasteiger partial charge in [0.1, 0.15) is 6.54 Å². The Morgan fingerprint density at radius 3 is 1.70 bits per heavy atom. The molecule has 1 fully saturated rings. The summed E-state index contributed by atoms with van der Waals surface area (Å²) in [4.78, 5) is 14.5. The lowest BCUT2D eigenvalue weighted by Crippen LogP contribution is -3.00. The van der Waals surface area contributed by atoms with E-state index in [9.17, 15) is 4.79 Å². The van der Waals surface area contributed by atoms with Gasteiger partial charge in [0, 0.05) is 13.0 Å². The SMILES string of the molecule is C=CCOCC[N+](CCCC)(CCCCCCCCCCCCCCCCCC)CN1CCCC1=O.[Cl-]. The Hall–Kier alpha value is -0.580. The maximum absolute atomic E-state index is 12.4. The van der Waals surface area contributed by atoms with Crippen LogP contribution in [0.2, 0.25) is 0 Å². The van der Waals surface area contributed by atoms with E-state index in [0.717, 1.165) is 50.2 Å². The summed E-state index contributed by atoms with van der Waals surface area (Å²) in [6.07, 6.45) is 28.5. The molecule has 1 atom stereocenters. The number of amides is 1. The number of hydrogen-bond donors (Lipinski definition) is 0. The van der Waals surface area contributed by atoms with E-state index in [2.05, 4.69) is 25.3 Å². The molecule has 0 aromatic carbocycles. The van der Waals surface area contributed by atoms with Gasteiger partial charge in [-0.15, -0.1) is 6.58 Å². The highest BCUT2D eigenvalue weighted by atomic mass is 35.5. The molecular weight excluding hydrogens is 480 g/mol. The Morgan fingerprint density at radius 2 is 1.24 bits per heavy atom. The molecule has 37 heavy (non-hydrogen) atoms. The number of halogens is 1. The summed E-state index contributed by atoms with van der Waals surface area (Å²) in [5.41, 5.74) is 0. The predicted octanol–water partition coefficient (Wildman–Crippen LogP) is 5.65. The van der Waals surface area contributed by atoms with Crippen LogP contribution in [0.15, 0.2) is 12.7 Å². The summed E-state index contributed by atoms with van der Waals surface area (Å²) in [5, 5.41) is 0. The third-order valence-corrected chi connectivity index (χ3v) is 8.06. The fourth-order valence-corrected chi connectivity index (χ4v) is 5.68. The monoisotopic (exact) mass is 542 g/mol. The molecule has 1 unspecified atom stereocenters. The van der Waals surface area contributed by atoms with Gasteiger partial charge in [-0.1, -0.05) is 116 Å². The van der Waals surface area contributed by atoms with Crippen molar-refractivity contribution < 1.29 is 26.4 Å². The van der Waals surface area contributed by atoms with Gasteiger partial charge in [-0.25, -0.2) is 0 Å². The molecule has 0 aromatic rings. The number of carbonyl (C=O) groups excluding carboxylic acids is 1. The number of ether oxygens (including phenoxy) is 1. The van der Waals surface area contributed by atoms with Crippen molar-refractivity contribution in [1.29, 1.82) is 0 Å². The van der Waals surface area contributed by atoms with E-state index in [1.54, 1.807) is 0 Å². The Morgan fingerprint density at radius 1 is 0.757 bits per heavy atom. The number of carbonyl (C=O) groups is 1. The first-order chi connectivity index (χ1) is 17.7. The van der Waals surface area contributed by atoms with Gasteiger partial charge >= 0.3 is 0 Å². The summed E-state index contributed by atoms with van der Waals surface area (Å²) in [5.74, 6) is 0.355. The molecule has 0 radical (unpaired) electrons. The smallest absolute Gasteiger partial charge is 0.226 e. The molecule has 0 aromatic heterocycles. The largest absolute Gasteiger partial charge is 1.00 e. The second-order valence-corrected chi connectivity index (χ2v) is 11.4. The highest BCUT2D eigenvalue weighted by molar-refractivity contribution is 5.77. The van der Waals surface area contributed by atoms with Crippen molar-refractivity contribution in [3.63, 3.8) is 0 Å². The molecule has 0 N–H and O–H groups in total. The molecular formula is C32H63ClN2O2. The number of unbranched alkanes of at least 4 members (excludes halogenated alkanes) is 16. The first-order valence-electron chi connectivity index (χ1n) is 16.0. The molecule has 1 heterocycles. The number of quaternary nitrogens is 1. The minimum absolute atomic E-state index is 0. The maximum atomic E-state index is 12.4. The van der Waals surface area contributed by atoms with E-state index < -0.39 is 0 Å². The lowest BCUT2D eigenvalue weighted by atomic mass is 10.0. The van der Waals surface area contributed by atoms with Crippen molar-refractivity contribution in [3.05, 3.63) is 12.7 Å². The lowest BCUT2D eigenvalue weighted by molar-refractivity contribution is -0.936. The first-order valence-corrected chi connectivity index (χ1v) is 16.0. The van der Waals surface area contributed by atoms with Crippen LogP contribution in [0.4, 0.5) is 0 Å². The van der Waals surface area contributed by atoms with Crippen LogP contribution in [0.1, 0.15) is 142 Å². The molecule has 1 aliphatic rings. The molecule has 0 saturated carbocycles. The minimum Gasteiger partial charge on any atom is -1.00 e. The zero-order valence-electron chi connectivity index (χ0n) is 25.0. The maximum Gasteiger partial charge on any atom is 0.226 e. The minimum atomic E-state index is 0. The van der Waals surface area contributed by atoms with Crippen molar-refractivity contribution in [3.8, 4) is 0 Å². The zero-order chi connectivity index (χ0) is 26.2. The quantitative estimate of drug-likeness (QED) is 0.0762. The number of rotatable bonds is 27. The molecule has 4 nitrogen and oxygen atoms in total. The lowest BCUT2D eigenvalue weighted by Gasteiger charge is -2.41. The van der Waals surface area contributed by atoms with Crippen molar-refractivity contribution >= 4 is 5.91 Å². The summed E-state index contributed by atoms with van der Waals surface area (Å²) < 4.78 is 6.83. The van der Waals surface area contributed by atoms with Crippen LogP contribution in [-0.2, 0) is 9.53 Å². The zero-order valence-corrected chi connectivity index (χ0v) is 25.7. The van der Waals surface area contributed by atoms with Crippen LogP contribution in [0.3, 0.4) is 0 Å². The number of hydrogen-bond acceptors (Lipinski definition) is 2. The molecule has 1 amide bonds. The Labute approximate surface area is 238 Å². The van der Waals surface area contributed by atoms with Crippen LogP contribution >= 0.6 is 0 Å². The average Bonchev–Trinajstić information content (AvgIpc) is 3.28. The highest BCUT2D eigenvalue weighted by Crippen LogP contribution is 2.20. The van der Waals surface area contributed by atoms with E-state index >= 15 is 0 Å². The second kappa shape index (κ2) is 25.7.